The van der Waals surface area contributed by atoms with E-state index in [1.807, 2.05) is 0 Å². The third-order valence-electron chi connectivity index (χ3n) is 3.94. The zero-order chi connectivity index (χ0) is 21.3. The van der Waals surface area contributed by atoms with Crippen LogP contribution in [-0.4, -0.2) is 29.9 Å². The molecular weight excluding hydrogens is 426 g/mol. The second-order valence-corrected chi connectivity index (χ2v) is 8.38. The largest absolute Gasteiger partial charge is 0.382 e. The van der Waals surface area contributed by atoms with E-state index in [0.717, 1.165) is 0 Å². The quantitative estimate of drug-likeness (QED) is 0.447. The molecule has 29 heavy (non-hydrogen) atoms. The van der Waals surface area contributed by atoms with E-state index >= 15 is 0 Å². The summed E-state index contributed by atoms with van der Waals surface area (Å²) in [6.45, 7) is 1.64. The normalized spacial score (nSPS) is 11.6. The molecule has 0 aliphatic carbocycles. The fourth-order valence-electron chi connectivity index (χ4n) is 2.68. The smallest absolute Gasteiger partial charge is 0.232 e. The minimum absolute atomic E-state index is 0.0498. The molecular formula is C18H15ClF2N4O3S. The van der Waals surface area contributed by atoms with Gasteiger partial charge in [0.15, 0.2) is 17.4 Å². The standard InChI is InChI=1S/C18H15ClF2N4O3S/c1-2-5-29(27,28)25-13-7-10(20)17(21)15(16(13)19)18(26)9-3-4-11-12(6-9)24-14(22)8-23-11/h3-4,6-8,25H,2,5H2,1H3,(H2,22,24). The molecule has 0 atom stereocenters. The maximum absolute atomic E-state index is 14.4. The van der Waals surface area contributed by atoms with E-state index in [1.165, 1.54) is 24.4 Å². The van der Waals surface area contributed by atoms with Gasteiger partial charge in [-0.15, -0.1) is 0 Å². The highest BCUT2D eigenvalue weighted by Gasteiger charge is 2.26. The van der Waals surface area contributed by atoms with Crippen LogP contribution >= 0.6 is 11.6 Å². The summed E-state index contributed by atoms with van der Waals surface area (Å²) in [6.07, 6.45) is 1.63. The number of sulfonamides is 1. The highest BCUT2D eigenvalue weighted by Crippen LogP contribution is 2.33. The molecule has 2 aromatic carbocycles. The summed E-state index contributed by atoms with van der Waals surface area (Å²) in [5.41, 5.74) is 5.02. The Morgan fingerprint density at radius 2 is 1.97 bits per heavy atom. The van der Waals surface area contributed by atoms with Crippen LogP contribution < -0.4 is 10.5 Å². The van der Waals surface area contributed by atoms with E-state index < -0.39 is 43.7 Å². The molecule has 7 nitrogen and oxygen atoms in total. The first kappa shape index (κ1) is 20.9. The van der Waals surface area contributed by atoms with E-state index in [1.54, 1.807) is 6.92 Å². The number of anilines is 2. The van der Waals surface area contributed by atoms with Crippen LogP contribution in [0.15, 0.2) is 30.5 Å². The Bertz CT molecular complexity index is 1240. The van der Waals surface area contributed by atoms with Crippen molar-refractivity contribution < 1.29 is 22.0 Å². The van der Waals surface area contributed by atoms with Crippen molar-refractivity contribution >= 4 is 49.9 Å². The van der Waals surface area contributed by atoms with Crippen LogP contribution in [0.25, 0.3) is 11.0 Å². The van der Waals surface area contributed by atoms with Crippen molar-refractivity contribution in [3.63, 3.8) is 0 Å². The number of benzene rings is 2. The summed E-state index contributed by atoms with van der Waals surface area (Å²) >= 11 is 6.08. The molecule has 0 amide bonds. The first-order valence-corrected chi connectivity index (χ1v) is 10.4. The number of carbonyl (C=O) groups is 1. The average molecular weight is 441 g/mol. The van der Waals surface area contributed by atoms with Crippen molar-refractivity contribution in [1.29, 1.82) is 0 Å². The molecule has 0 bridgehead atoms. The van der Waals surface area contributed by atoms with Crippen LogP contribution in [0.5, 0.6) is 0 Å². The number of aromatic nitrogens is 2. The van der Waals surface area contributed by atoms with Crippen molar-refractivity contribution in [2.75, 3.05) is 16.2 Å². The van der Waals surface area contributed by atoms with Crippen LogP contribution in [0.1, 0.15) is 29.3 Å². The number of nitrogen functional groups attached to an aromatic ring is 1. The van der Waals surface area contributed by atoms with Crippen LogP contribution in [-0.2, 0) is 10.0 Å². The number of rotatable bonds is 6. The van der Waals surface area contributed by atoms with Gasteiger partial charge >= 0.3 is 0 Å². The Hall–Kier alpha value is -2.85. The molecule has 0 fully saturated rings. The minimum atomic E-state index is -3.84. The van der Waals surface area contributed by atoms with Crippen LogP contribution in [0.3, 0.4) is 0 Å². The van der Waals surface area contributed by atoms with Crippen molar-refractivity contribution in [3.05, 3.63) is 58.2 Å². The lowest BCUT2D eigenvalue weighted by atomic mass is 10.0. The Morgan fingerprint density at radius 3 is 2.66 bits per heavy atom. The number of hydrogen-bond donors (Lipinski definition) is 2. The van der Waals surface area contributed by atoms with Gasteiger partial charge in [-0.05, 0) is 24.6 Å². The second kappa shape index (κ2) is 7.88. The molecule has 0 aliphatic rings. The third-order valence-corrected chi connectivity index (χ3v) is 5.81. The van der Waals surface area contributed by atoms with Gasteiger partial charge in [-0.2, -0.15) is 0 Å². The van der Waals surface area contributed by atoms with Gasteiger partial charge in [0.1, 0.15) is 5.82 Å². The van der Waals surface area contributed by atoms with Crippen molar-refractivity contribution in [1.82, 2.24) is 9.97 Å². The Balaban J connectivity index is 2.11. The highest BCUT2D eigenvalue weighted by molar-refractivity contribution is 7.92. The van der Waals surface area contributed by atoms with Gasteiger partial charge in [0.25, 0.3) is 0 Å². The number of nitrogens with one attached hydrogen (secondary N) is 1. The fourth-order valence-corrected chi connectivity index (χ4v) is 4.14. The molecule has 0 saturated heterocycles. The molecule has 0 aliphatic heterocycles. The second-order valence-electron chi connectivity index (χ2n) is 6.16. The molecule has 3 rings (SSSR count). The van der Waals surface area contributed by atoms with Gasteiger partial charge in [-0.25, -0.2) is 22.2 Å². The number of nitrogens with two attached hydrogens (primary N) is 1. The number of hydrogen-bond acceptors (Lipinski definition) is 6. The lowest BCUT2D eigenvalue weighted by Gasteiger charge is -2.13. The van der Waals surface area contributed by atoms with Crippen LogP contribution in [0.4, 0.5) is 20.3 Å². The zero-order valence-corrected chi connectivity index (χ0v) is 16.6. The van der Waals surface area contributed by atoms with Gasteiger partial charge in [-0.1, -0.05) is 18.5 Å². The average Bonchev–Trinajstić information content (AvgIpc) is 2.65. The molecule has 1 aromatic heterocycles. The van der Waals surface area contributed by atoms with E-state index in [9.17, 15) is 22.0 Å². The number of halogens is 3. The molecule has 3 aromatic rings. The Kier molecular flexibility index (Phi) is 5.67. The maximum atomic E-state index is 14.4. The lowest BCUT2D eigenvalue weighted by molar-refractivity contribution is 0.103. The zero-order valence-electron chi connectivity index (χ0n) is 15.0. The number of ketones is 1. The summed E-state index contributed by atoms with van der Waals surface area (Å²) in [6, 6.07) is 4.71. The summed E-state index contributed by atoms with van der Waals surface area (Å²) in [5.74, 6) is -4.00. The highest BCUT2D eigenvalue weighted by atomic mass is 35.5. The summed E-state index contributed by atoms with van der Waals surface area (Å²) < 4.78 is 54.6. The van der Waals surface area contributed by atoms with Crippen LogP contribution in [0.2, 0.25) is 5.02 Å². The molecule has 152 valence electrons. The molecule has 3 N–H and O–H groups in total. The van der Waals surface area contributed by atoms with E-state index in [4.69, 9.17) is 17.3 Å². The Morgan fingerprint density at radius 1 is 1.24 bits per heavy atom. The first-order valence-electron chi connectivity index (χ1n) is 8.38. The third kappa shape index (κ3) is 4.28. The van der Waals surface area contributed by atoms with Gasteiger partial charge < -0.3 is 5.73 Å². The SMILES string of the molecule is CCCS(=O)(=O)Nc1cc(F)c(F)c(C(=O)c2ccc3ncc(N)nc3c2)c1Cl. The lowest BCUT2D eigenvalue weighted by Crippen LogP contribution is -2.18. The number of nitrogens with zero attached hydrogens (tertiary/aromatic N) is 2. The first-order chi connectivity index (χ1) is 13.6. The fraction of sp³-hybridized carbons (Fsp3) is 0.167. The van der Waals surface area contributed by atoms with Gasteiger partial charge in [0.2, 0.25) is 10.0 Å². The van der Waals surface area contributed by atoms with E-state index in [2.05, 4.69) is 14.7 Å². The minimum Gasteiger partial charge on any atom is -0.382 e. The summed E-state index contributed by atoms with van der Waals surface area (Å²) in [5, 5.41) is -0.549. The number of fused-ring (bicyclic) bond motifs is 1. The van der Waals surface area contributed by atoms with Gasteiger partial charge in [-0.3, -0.25) is 14.5 Å². The molecule has 11 heteroatoms. The maximum Gasteiger partial charge on any atom is 0.232 e. The predicted molar refractivity (Wildman–Crippen MR) is 106 cm³/mol. The topological polar surface area (TPSA) is 115 Å². The van der Waals surface area contributed by atoms with Gasteiger partial charge in [0, 0.05) is 11.6 Å². The molecule has 0 spiro atoms. The molecule has 0 unspecified atom stereocenters. The van der Waals surface area contributed by atoms with Crippen LogP contribution in [0, 0.1) is 11.6 Å². The summed E-state index contributed by atoms with van der Waals surface area (Å²) in [4.78, 5) is 20.9. The van der Waals surface area contributed by atoms with Gasteiger partial charge in [0.05, 0.1) is 39.3 Å². The summed E-state index contributed by atoms with van der Waals surface area (Å²) in [7, 11) is -3.84. The van der Waals surface area contributed by atoms with E-state index in [0.29, 0.717) is 18.0 Å². The molecule has 0 saturated carbocycles. The van der Waals surface area contributed by atoms with Crippen molar-refractivity contribution in [3.8, 4) is 0 Å². The Labute approximate surface area is 170 Å². The number of carbonyl (C=O) groups excluding carboxylic acids is 1. The van der Waals surface area contributed by atoms with Crippen molar-refractivity contribution in [2.24, 2.45) is 0 Å². The monoisotopic (exact) mass is 440 g/mol. The predicted octanol–water partition coefficient (Wildman–Crippen LogP) is 3.53. The molecule has 1 heterocycles. The van der Waals surface area contributed by atoms with Crippen molar-refractivity contribution in [2.45, 2.75) is 13.3 Å². The van der Waals surface area contributed by atoms with E-state index in [-0.39, 0.29) is 22.7 Å². The molecule has 0 radical (unpaired) electrons.